The van der Waals surface area contributed by atoms with E-state index in [0.29, 0.717) is 17.8 Å². The van der Waals surface area contributed by atoms with Crippen LogP contribution in [0.15, 0.2) is 48.5 Å². The Balaban J connectivity index is 1.96. The van der Waals surface area contributed by atoms with E-state index < -0.39 is 0 Å². The highest BCUT2D eigenvalue weighted by atomic mass is 19.1. The number of halogens is 1. The second kappa shape index (κ2) is 6.58. The topological polar surface area (TPSA) is 60.2 Å². The van der Waals surface area contributed by atoms with Crippen molar-refractivity contribution < 1.29 is 14.2 Å². The Morgan fingerprint density at radius 3 is 2.39 bits per heavy atom. The SMILES string of the molecule is COc1ccc(Cc2c(CO)nnn2-c2ccc(F)cc2)cc1. The molecular weight excluding hydrogens is 297 g/mol. The predicted octanol–water partition coefficient (Wildman–Crippen LogP) is 2.50. The number of hydrogen-bond donors (Lipinski definition) is 1. The molecule has 0 fully saturated rings. The summed E-state index contributed by atoms with van der Waals surface area (Å²) in [6, 6.07) is 13.6. The van der Waals surface area contributed by atoms with Gasteiger partial charge in [0.25, 0.3) is 0 Å². The van der Waals surface area contributed by atoms with Crippen molar-refractivity contribution in [3.05, 3.63) is 71.3 Å². The molecule has 0 spiro atoms. The second-order valence-electron chi connectivity index (χ2n) is 5.05. The number of aromatic nitrogens is 3. The van der Waals surface area contributed by atoms with E-state index in [9.17, 15) is 9.50 Å². The van der Waals surface area contributed by atoms with Gasteiger partial charge in [0.1, 0.15) is 17.3 Å². The summed E-state index contributed by atoms with van der Waals surface area (Å²) in [5.41, 5.74) is 3.00. The first-order valence-electron chi connectivity index (χ1n) is 7.14. The van der Waals surface area contributed by atoms with Crippen molar-refractivity contribution in [3.8, 4) is 11.4 Å². The largest absolute Gasteiger partial charge is 0.497 e. The van der Waals surface area contributed by atoms with E-state index in [1.165, 1.54) is 12.1 Å². The monoisotopic (exact) mass is 313 g/mol. The predicted molar refractivity (Wildman–Crippen MR) is 83.0 cm³/mol. The molecule has 1 aromatic heterocycles. The highest BCUT2D eigenvalue weighted by Gasteiger charge is 2.14. The van der Waals surface area contributed by atoms with Crippen LogP contribution < -0.4 is 4.74 Å². The number of aliphatic hydroxyl groups excluding tert-OH is 1. The molecule has 5 nitrogen and oxygen atoms in total. The summed E-state index contributed by atoms with van der Waals surface area (Å²) in [7, 11) is 1.62. The Hall–Kier alpha value is -2.73. The average molecular weight is 313 g/mol. The maximum Gasteiger partial charge on any atom is 0.123 e. The summed E-state index contributed by atoms with van der Waals surface area (Å²) >= 11 is 0. The van der Waals surface area contributed by atoms with E-state index in [1.54, 1.807) is 23.9 Å². The minimum atomic E-state index is -0.312. The highest BCUT2D eigenvalue weighted by Crippen LogP contribution is 2.19. The Morgan fingerprint density at radius 1 is 1.09 bits per heavy atom. The van der Waals surface area contributed by atoms with Crippen LogP contribution in [0.25, 0.3) is 5.69 Å². The number of methoxy groups -OCH3 is 1. The average Bonchev–Trinajstić information content (AvgIpc) is 2.99. The Kier molecular flexibility index (Phi) is 4.34. The molecule has 0 aliphatic carbocycles. The van der Waals surface area contributed by atoms with Crippen molar-refractivity contribution in [1.29, 1.82) is 0 Å². The lowest BCUT2D eigenvalue weighted by Gasteiger charge is -2.08. The van der Waals surface area contributed by atoms with E-state index in [-0.39, 0.29) is 12.4 Å². The molecule has 0 atom stereocenters. The molecule has 23 heavy (non-hydrogen) atoms. The van der Waals surface area contributed by atoms with Gasteiger partial charge in [0, 0.05) is 6.42 Å². The van der Waals surface area contributed by atoms with Gasteiger partial charge >= 0.3 is 0 Å². The lowest BCUT2D eigenvalue weighted by Crippen LogP contribution is -2.05. The molecule has 2 aromatic carbocycles. The van der Waals surface area contributed by atoms with E-state index in [4.69, 9.17) is 4.74 Å². The highest BCUT2D eigenvalue weighted by molar-refractivity contribution is 5.36. The minimum absolute atomic E-state index is 0.202. The van der Waals surface area contributed by atoms with Crippen LogP contribution in [0.2, 0.25) is 0 Å². The van der Waals surface area contributed by atoms with Crippen LogP contribution in [0.4, 0.5) is 4.39 Å². The first kappa shape index (κ1) is 15.2. The number of benzene rings is 2. The van der Waals surface area contributed by atoms with Crippen molar-refractivity contribution in [2.75, 3.05) is 7.11 Å². The fraction of sp³-hybridized carbons (Fsp3) is 0.176. The molecule has 0 unspecified atom stereocenters. The number of ether oxygens (including phenoxy) is 1. The minimum Gasteiger partial charge on any atom is -0.497 e. The lowest BCUT2D eigenvalue weighted by atomic mass is 10.1. The Morgan fingerprint density at radius 2 is 1.78 bits per heavy atom. The maximum atomic E-state index is 13.1. The standard InChI is InChI=1S/C17H16FN3O2/c1-23-15-8-2-12(3-9-15)10-17-16(11-22)19-20-21(17)14-6-4-13(18)5-7-14/h2-9,22H,10-11H2,1H3. The zero-order chi connectivity index (χ0) is 16.2. The molecule has 3 aromatic rings. The summed E-state index contributed by atoms with van der Waals surface area (Å²) < 4.78 is 19.9. The van der Waals surface area contributed by atoms with Gasteiger partial charge in [0.05, 0.1) is 25.1 Å². The van der Waals surface area contributed by atoms with Crippen LogP contribution in [-0.2, 0) is 13.0 Å². The normalized spacial score (nSPS) is 10.7. The van der Waals surface area contributed by atoms with Crippen LogP contribution in [-0.4, -0.2) is 27.2 Å². The first-order chi connectivity index (χ1) is 11.2. The van der Waals surface area contributed by atoms with Gasteiger partial charge in [0.15, 0.2) is 0 Å². The van der Waals surface area contributed by atoms with Crippen LogP contribution in [0.1, 0.15) is 17.0 Å². The molecule has 3 rings (SSSR count). The van der Waals surface area contributed by atoms with E-state index >= 15 is 0 Å². The molecule has 1 N–H and O–H groups in total. The molecule has 0 saturated heterocycles. The fourth-order valence-electron chi connectivity index (χ4n) is 2.36. The summed E-state index contributed by atoms with van der Waals surface area (Å²) in [6.45, 7) is -0.202. The van der Waals surface area contributed by atoms with E-state index in [0.717, 1.165) is 17.0 Å². The third-order valence-electron chi connectivity index (χ3n) is 3.60. The van der Waals surface area contributed by atoms with E-state index in [1.807, 2.05) is 24.3 Å². The van der Waals surface area contributed by atoms with Crippen molar-refractivity contribution in [2.45, 2.75) is 13.0 Å². The zero-order valence-corrected chi connectivity index (χ0v) is 12.6. The van der Waals surface area contributed by atoms with Gasteiger partial charge in [-0.15, -0.1) is 5.10 Å². The Labute approximate surface area is 133 Å². The fourth-order valence-corrected chi connectivity index (χ4v) is 2.36. The number of nitrogens with zero attached hydrogens (tertiary/aromatic N) is 3. The molecule has 0 saturated carbocycles. The third kappa shape index (κ3) is 3.22. The van der Waals surface area contributed by atoms with E-state index in [2.05, 4.69) is 10.3 Å². The first-order valence-corrected chi connectivity index (χ1v) is 7.14. The van der Waals surface area contributed by atoms with Crippen LogP contribution in [0, 0.1) is 5.82 Å². The number of hydrogen-bond acceptors (Lipinski definition) is 4. The molecular formula is C17H16FN3O2. The van der Waals surface area contributed by atoms with Gasteiger partial charge in [-0.05, 0) is 42.0 Å². The second-order valence-corrected chi connectivity index (χ2v) is 5.05. The molecule has 1 heterocycles. The Bertz CT molecular complexity index is 783. The van der Waals surface area contributed by atoms with Gasteiger partial charge in [-0.3, -0.25) is 0 Å². The molecule has 0 amide bonds. The third-order valence-corrected chi connectivity index (χ3v) is 3.60. The molecule has 0 radical (unpaired) electrons. The van der Waals surface area contributed by atoms with Gasteiger partial charge in [0.2, 0.25) is 0 Å². The van der Waals surface area contributed by atoms with Gasteiger partial charge in [-0.2, -0.15) is 0 Å². The molecule has 0 aliphatic rings. The van der Waals surface area contributed by atoms with Crippen molar-refractivity contribution in [3.63, 3.8) is 0 Å². The van der Waals surface area contributed by atoms with Crippen molar-refractivity contribution in [2.24, 2.45) is 0 Å². The maximum absolute atomic E-state index is 13.1. The smallest absolute Gasteiger partial charge is 0.123 e. The zero-order valence-electron chi connectivity index (χ0n) is 12.6. The summed E-state index contributed by atoms with van der Waals surface area (Å²) in [5.74, 6) is 0.467. The molecule has 0 bridgehead atoms. The quantitative estimate of drug-likeness (QED) is 0.786. The lowest BCUT2D eigenvalue weighted by molar-refractivity contribution is 0.275. The number of rotatable bonds is 5. The van der Waals surface area contributed by atoms with Crippen LogP contribution >= 0.6 is 0 Å². The molecule has 6 heteroatoms. The molecule has 0 aliphatic heterocycles. The van der Waals surface area contributed by atoms with Crippen LogP contribution in [0.3, 0.4) is 0 Å². The summed E-state index contributed by atoms with van der Waals surface area (Å²) in [6.07, 6.45) is 0.546. The van der Waals surface area contributed by atoms with Crippen molar-refractivity contribution >= 4 is 0 Å². The molecule has 118 valence electrons. The van der Waals surface area contributed by atoms with Crippen molar-refractivity contribution in [1.82, 2.24) is 15.0 Å². The summed E-state index contributed by atoms with van der Waals surface area (Å²) in [4.78, 5) is 0. The number of aliphatic hydroxyl groups is 1. The van der Waals surface area contributed by atoms with Crippen LogP contribution in [0.5, 0.6) is 5.75 Å². The van der Waals surface area contributed by atoms with Gasteiger partial charge in [-0.1, -0.05) is 17.3 Å². The van der Waals surface area contributed by atoms with Gasteiger partial charge in [-0.25, -0.2) is 9.07 Å². The summed E-state index contributed by atoms with van der Waals surface area (Å²) in [5, 5.41) is 17.6. The van der Waals surface area contributed by atoms with Gasteiger partial charge < -0.3 is 9.84 Å².